The molecule has 0 saturated carbocycles. The zero-order valence-electron chi connectivity index (χ0n) is 14.6. The molecule has 0 amide bonds. The lowest BCUT2D eigenvalue weighted by Crippen LogP contribution is -1.93. The summed E-state index contributed by atoms with van der Waals surface area (Å²) in [7, 11) is 0. The van der Waals surface area contributed by atoms with Gasteiger partial charge in [-0.15, -0.1) is 0 Å². The van der Waals surface area contributed by atoms with E-state index in [1.54, 1.807) is 0 Å². The van der Waals surface area contributed by atoms with Gasteiger partial charge in [-0.2, -0.15) is 0 Å². The normalized spacial score (nSPS) is 12.5. The quantitative estimate of drug-likeness (QED) is 0.495. The molecule has 0 radical (unpaired) electrons. The fraction of sp³-hybridized carbons (Fsp3) is 0.650. The van der Waals surface area contributed by atoms with Crippen LogP contribution in [0.3, 0.4) is 0 Å². The van der Waals surface area contributed by atoms with Gasteiger partial charge in [-0.05, 0) is 37.0 Å². The Hall–Kier alpha value is -1.71. The Balaban J connectivity index is 1.39. The van der Waals surface area contributed by atoms with Gasteiger partial charge in [0.2, 0.25) is 6.79 Å². The van der Waals surface area contributed by atoms with E-state index >= 15 is 0 Å². The average Bonchev–Trinajstić information content (AvgIpc) is 3.03. The zero-order chi connectivity index (χ0) is 17.0. The number of unbranched alkanes of at least 4 members (excludes halogenated alkanes) is 9. The van der Waals surface area contributed by atoms with E-state index in [1.165, 1.54) is 56.9 Å². The molecule has 0 atom stereocenters. The number of carboxylic acids is 1. The minimum atomic E-state index is -0.671. The van der Waals surface area contributed by atoms with Crippen molar-refractivity contribution in [1.82, 2.24) is 0 Å². The van der Waals surface area contributed by atoms with Gasteiger partial charge in [-0.3, -0.25) is 4.79 Å². The molecule has 0 spiro atoms. The van der Waals surface area contributed by atoms with Crippen molar-refractivity contribution >= 4 is 5.97 Å². The third-order valence-corrected chi connectivity index (χ3v) is 4.54. The Labute approximate surface area is 145 Å². The molecule has 0 aromatic heterocycles. The SMILES string of the molecule is O=C(O)CCCCCCCCCCCCc1ccc2c(c1)OCO2. The number of hydrogen-bond acceptors (Lipinski definition) is 3. The van der Waals surface area contributed by atoms with E-state index < -0.39 is 5.97 Å². The van der Waals surface area contributed by atoms with E-state index in [-0.39, 0.29) is 0 Å². The molecular formula is C20H30O4. The highest BCUT2D eigenvalue weighted by molar-refractivity contribution is 5.66. The van der Waals surface area contributed by atoms with Crippen LogP contribution in [0.25, 0.3) is 0 Å². The van der Waals surface area contributed by atoms with E-state index in [4.69, 9.17) is 14.6 Å². The van der Waals surface area contributed by atoms with Gasteiger partial charge in [0.15, 0.2) is 11.5 Å². The van der Waals surface area contributed by atoms with Gasteiger partial charge < -0.3 is 14.6 Å². The first-order valence-corrected chi connectivity index (χ1v) is 9.36. The fourth-order valence-corrected chi connectivity index (χ4v) is 3.12. The maximum Gasteiger partial charge on any atom is 0.303 e. The van der Waals surface area contributed by atoms with Crippen LogP contribution in [0.1, 0.15) is 76.2 Å². The van der Waals surface area contributed by atoms with E-state index in [0.29, 0.717) is 13.2 Å². The minimum Gasteiger partial charge on any atom is -0.481 e. The average molecular weight is 334 g/mol. The summed E-state index contributed by atoms with van der Waals surface area (Å²) in [4.78, 5) is 10.4. The molecule has 4 heteroatoms. The van der Waals surface area contributed by atoms with Crippen molar-refractivity contribution in [3.05, 3.63) is 23.8 Å². The van der Waals surface area contributed by atoms with E-state index in [2.05, 4.69) is 12.1 Å². The van der Waals surface area contributed by atoms with E-state index in [9.17, 15) is 4.79 Å². The highest BCUT2D eigenvalue weighted by atomic mass is 16.7. The summed E-state index contributed by atoms with van der Waals surface area (Å²) in [6.45, 7) is 0.346. The van der Waals surface area contributed by atoms with Crippen molar-refractivity contribution in [2.75, 3.05) is 6.79 Å². The maximum atomic E-state index is 10.4. The van der Waals surface area contributed by atoms with Gasteiger partial charge in [0.1, 0.15) is 0 Å². The van der Waals surface area contributed by atoms with Crippen LogP contribution in [0.2, 0.25) is 0 Å². The molecule has 1 aromatic carbocycles. The second-order valence-corrected chi connectivity index (χ2v) is 6.62. The minimum absolute atomic E-state index is 0.323. The molecule has 1 aromatic rings. The van der Waals surface area contributed by atoms with Gasteiger partial charge in [0, 0.05) is 6.42 Å². The second-order valence-electron chi connectivity index (χ2n) is 6.62. The molecule has 1 aliphatic heterocycles. The lowest BCUT2D eigenvalue weighted by molar-refractivity contribution is -0.137. The van der Waals surface area contributed by atoms with E-state index in [0.717, 1.165) is 30.8 Å². The second kappa shape index (κ2) is 11.0. The van der Waals surface area contributed by atoms with Crippen molar-refractivity contribution < 1.29 is 19.4 Å². The smallest absolute Gasteiger partial charge is 0.303 e. The van der Waals surface area contributed by atoms with Crippen LogP contribution in [0.5, 0.6) is 11.5 Å². The number of aliphatic carboxylic acids is 1. The molecule has 1 heterocycles. The third kappa shape index (κ3) is 7.24. The Morgan fingerprint density at radius 1 is 0.833 bits per heavy atom. The lowest BCUT2D eigenvalue weighted by atomic mass is 10.0. The van der Waals surface area contributed by atoms with Crippen molar-refractivity contribution in [3.8, 4) is 11.5 Å². The van der Waals surface area contributed by atoms with Crippen LogP contribution in [-0.4, -0.2) is 17.9 Å². The highest BCUT2D eigenvalue weighted by Crippen LogP contribution is 2.32. The molecule has 1 aliphatic rings. The van der Waals surface area contributed by atoms with Crippen LogP contribution in [0, 0.1) is 0 Å². The third-order valence-electron chi connectivity index (χ3n) is 4.54. The molecule has 1 N–H and O–H groups in total. The summed E-state index contributed by atoms with van der Waals surface area (Å²) in [6, 6.07) is 6.25. The topological polar surface area (TPSA) is 55.8 Å². The first-order valence-electron chi connectivity index (χ1n) is 9.36. The van der Waals surface area contributed by atoms with Crippen LogP contribution in [-0.2, 0) is 11.2 Å². The van der Waals surface area contributed by atoms with E-state index in [1.807, 2.05) is 6.07 Å². The lowest BCUT2D eigenvalue weighted by Gasteiger charge is -2.04. The molecule has 0 fully saturated rings. The maximum absolute atomic E-state index is 10.4. The van der Waals surface area contributed by atoms with Gasteiger partial charge >= 0.3 is 5.97 Å². The summed E-state index contributed by atoms with van der Waals surface area (Å²) in [6.07, 6.45) is 13.5. The predicted molar refractivity (Wildman–Crippen MR) is 94.7 cm³/mol. The zero-order valence-corrected chi connectivity index (χ0v) is 14.6. The van der Waals surface area contributed by atoms with Crippen molar-refractivity contribution in [2.24, 2.45) is 0 Å². The Bertz CT molecular complexity index is 498. The number of fused-ring (bicyclic) bond motifs is 1. The van der Waals surface area contributed by atoms with Crippen LogP contribution in [0.4, 0.5) is 0 Å². The number of rotatable bonds is 13. The first kappa shape index (κ1) is 18.6. The van der Waals surface area contributed by atoms with Crippen molar-refractivity contribution in [1.29, 1.82) is 0 Å². The molecule has 134 valence electrons. The molecule has 0 unspecified atom stereocenters. The molecule has 24 heavy (non-hydrogen) atoms. The number of carbonyl (C=O) groups is 1. The van der Waals surface area contributed by atoms with Gasteiger partial charge in [-0.1, -0.05) is 57.4 Å². The molecule has 0 aliphatic carbocycles. The largest absolute Gasteiger partial charge is 0.481 e. The molecular weight excluding hydrogens is 304 g/mol. The van der Waals surface area contributed by atoms with Gasteiger partial charge in [-0.25, -0.2) is 0 Å². The van der Waals surface area contributed by atoms with Crippen molar-refractivity contribution in [3.63, 3.8) is 0 Å². The summed E-state index contributed by atoms with van der Waals surface area (Å²) >= 11 is 0. The molecule has 0 bridgehead atoms. The summed E-state index contributed by atoms with van der Waals surface area (Å²) in [5.74, 6) is 1.08. The Morgan fingerprint density at radius 3 is 2.08 bits per heavy atom. The number of carboxylic acid groups (broad SMARTS) is 1. The molecule has 0 saturated heterocycles. The summed E-state index contributed by atoms with van der Waals surface area (Å²) < 4.78 is 10.7. The monoisotopic (exact) mass is 334 g/mol. The number of aryl methyl sites for hydroxylation is 1. The number of hydrogen-bond donors (Lipinski definition) is 1. The van der Waals surface area contributed by atoms with Crippen molar-refractivity contribution in [2.45, 2.75) is 77.0 Å². The standard InChI is InChI=1S/C20H30O4/c21-20(22)12-10-8-6-4-2-1-3-5-7-9-11-17-13-14-18-19(15-17)24-16-23-18/h13-15H,1-12,16H2,(H,21,22). The van der Waals surface area contributed by atoms with Gasteiger partial charge in [0.05, 0.1) is 0 Å². The molecule has 2 rings (SSSR count). The number of benzene rings is 1. The van der Waals surface area contributed by atoms with Gasteiger partial charge in [0.25, 0.3) is 0 Å². The fourth-order valence-electron chi connectivity index (χ4n) is 3.12. The Morgan fingerprint density at radius 2 is 1.42 bits per heavy atom. The van der Waals surface area contributed by atoms with Crippen LogP contribution < -0.4 is 9.47 Å². The molecule has 4 nitrogen and oxygen atoms in total. The van der Waals surface area contributed by atoms with Crippen LogP contribution >= 0.6 is 0 Å². The summed E-state index contributed by atoms with van der Waals surface area (Å²) in [5, 5.41) is 8.56. The summed E-state index contributed by atoms with van der Waals surface area (Å²) in [5.41, 5.74) is 1.33. The van der Waals surface area contributed by atoms with Crippen LogP contribution in [0.15, 0.2) is 18.2 Å². The number of ether oxygens (including phenoxy) is 2. The first-order chi connectivity index (χ1) is 11.8. The predicted octanol–water partition coefficient (Wildman–Crippen LogP) is 5.33. The Kier molecular flexibility index (Phi) is 8.50. The highest BCUT2D eigenvalue weighted by Gasteiger charge is 2.12.